The zero-order chi connectivity index (χ0) is 14.8. The average molecular weight is 379 g/mol. The minimum Gasteiger partial charge on any atom is -0.320 e. The molecule has 1 atom stereocenters. The Labute approximate surface area is 131 Å². The van der Waals surface area contributed by atoms with Crippen molar-refractivity contribution in [1.82, 2.24) is 9.88 Å². The second-order valence-corrected chi connectivity index (χ2v) is 8.88. The van der Waals surface area contributed by atoms with Crippen LogP contribution in [0.25, 0.3) is 0 Å². The number of carbonyl (C=O) groups is 1. The topological polar surface area (TPSA) is 67.3 Å². The van der Waals surface area contributed by atoms with Gasteiger partial charge in [0.2, 0.25) is 0 Å². The van der Waals surface area contributed by atoms with Crippen LogP contribution in [0.4, 0.5) is 0 Å². The fraction of sp³-hybridized carbons (Fsp3) is 0.500. The second-order valence-electron chi connectivity index (χ2n) is 4.37. The van der Waals surface area contributed by atoms with Gasteiger partial charge >= 0.3 is 0 Å². The maximum Gasteiger partial charge on any atom is 0.256 e. The normalized spacial score (nSPS) is 19.9. The maximum atomic E-state index is 12.5. The number of pyridine rings is 1. The summed E-state index contributed by atoms with van der Waals surface area (Å²) < 4.78 is 25.0. The van der Waals surface area contributed by atoms with Crippen molar-refractivity contribution in [3.05, 3.63) is 28.5 Å². The van der Waals surface area contributed by atoms with E-state index in [-0.39, 0.29) is 11.7 Å². The van der Waals surface area contributed by atoms with Crippen molar-refractivity contribution in [2.45, 2.75) is 12.3 Å². The first kappa shape index (κ1) is 15.8. The number of nitrogens with zero attached hydrogens (tertiary/aromatic N) is 2. The number of rotatable bonds is 3. The molecule has 0 bridgehead atoms. The van der Waals surface area contributed by atoms with Crippen LogP contribution in [-0.2, 0) is 9.84 Å². The lowest BCUT2D eigenvalue weighted by Crippen LogP contribution is -2.50. The number of aromatic nitrogens is 1. The second kappa shape index (κ2) is 6.44. The Morgan fingerprint density at radius 3 is 2.95 bits per heavy atom. The molecule has 1 unspecified atom stereocenters. The van der Waals surface area contributed by atoms with Crippen LogP contribution < -0.4 is 0 Å². The van der Waals surface area contributed by atoms with Crippen molar-refractivity contribution in [3.63, 3.8) is 0 Å². The molecule has 1 amide bonds. The first-order chi connectivity index (χ1) is 9.45. The lowest BCUT2D eigenvalue weighted by Gasteiger charge is -2.34. The number of halogens is 1. The highest BCUT2D eigenvalue weighted by molar-refractivity contribution is 9.10. The standard InChI is InChI=1S/C12H15BrN2O3S2/c1-2-20(17,18)11-8-19-4-3-15(11)12(16)9-5-10(13)7-14-6-9/h5-7,11H,2-4,8H2,1H3. The Hall–Kier alpha value is -0.600. The predicted molar refractivity (Wildman–Crippen MR) is 83.5 cm³/mol. The molecular weight excluding hydrogens is 364 g/mol. The molecule has 8 heteroatoms. The van der Waals surface area contributed by atoms with Gasteiger partial charge in [0.05, 0.1) is 5.56 Å². The van der Waals surface area contributed by atoms with Gasteiger partial charge in [0.1, 0.15) is 5.37 Å². The summed E-state index contributed by atoms with van der Waals surface area (Å²) in [4.78, 5) is 17.9. The van der Waals surface area contributed by atoms with E-state index in [4.69, 9.17) is 0 Å². The van der Waals surface area contributed by atoms with Crippen LogP contribution in [0, 0.1) is 0 Å². The van der Waals surface area contributed by atoms with Gasteiger partial charge in [-0.1, -0.05) is 6.92 Å². The summed E-state index contributed by atoms with van der Waals surface area (Å²) in [7, 11) is -3.28. The molecule has 110 valence electrons. The summed E-state index contributed by atoms with van der Waals surface area (Å²) in [5, 5.41) is -0.738. The molecule has 1 fully saturated rings. The lowest BCUT2D eigenvalue weighted by molar-refractivity contribution is 0.0749. The van der Waals surface area contributed by atoms with Crippen LogP contribution in [0.15, 0.2) is 22.9 Å². The van der Waals surface area contributed by atoms with Gasteiger partial charge in [0.25, 0.3) is 5.91 Å². The molecule has 5 nitrogen and oxygen atoms in total. The van der Waals surface area contributed by atoms with E-state index < -0.39 is 15.2 Å². The van der Waals surface area contributed by atoms with Crippen molar-refractivity contribution in [2.75, 3.05) is 23.8 Å². The van der Waals surface area contributed by atoms with Crippen molar-refractivity contribution >= 4 is 43.4 Å². The van der Waals surface area contributed by atoms with Crippen LogP contribution >= 0.6 is 27.7 Å². The fourth-order valence-corrected chi connectivity index (χ4v) is 5.33. The van der Waals surface area contributed by atoms with Crippen LogP contribution in [0.1, 0.15) is 17.3 Å². The molecule has 2 heterocycles. The molecule has 1 saturated heterocycles. The summed E-state index contributed by atoms with van der Waals surface area (Å²) in [6.45, 7) is 2.05. The van der Waals surface area contributed by atoms with E-state index in [1.807, 2.05) is 0 Å². The Morgan fingerprint density at radius 2 is 2.30 bits per heavy atom. The smallest absolute Gasteiger partial charge is 0.256 e. The van der Waals surface area contributed by atoms with Crippen molar-refractivity contribution < 1.29 is 13.2 Å². The molecule has 0 radical (unpaired) electrons. The summed E-state index contributed by atoms with van der Waals surface area (Å²) in [6.07, 6.45) is 3.05. The van der Waals surface area contributed by atoms with E-state index in [1.165, 1.54) is 11.1 Å². The first-order valence-corrected chi connectivity index (χ1v) is 9.83. The highest BCUT2D eigenvalue weighted by Crippen LogP contribution is 2.23. The molecule has 20 heavy (non-hydrogen) atoms. The Morgan fingerprint density at radius 1 is 1.55 bits per heavy atom. The molecule has 1 aliphatic heterocycles. The van der Waals surface area contributed by atoms with Gasteiger partial charge in [-0.3, -0.25) is 9.78 Å². The summed E-state index contributed by atoms with van der Waals surface area (Å²) in [6, 6.07) is 1.66. The molecule has 1 aliphatic rings. The van der Waals surface area contributed by atoms with Crippen molar-refractivity contribution in [1.29, 1.82) is 0 Å². The monoisotopic (exact) mass is 378 g/mol. The van der Waals surface area contributed by atoms with Crippen LogP contribution in [0.3, 0.4) is 0 Å². The molecule has 0 N–H and O–H groups in total. The molecule has 0 aliphatic carbocycles. The zero-order valence-electron chi connectivity index (χ0n) is 11.0. The van der Waals surface area contributed by atoms with E-state index in [1.54, 1.807) is 30.9 Å². The molecule has 0 saturated carbocycles. The van der Waals surface area contributed by atoms with E-state index >= 15 is 0 Å². The van der Waals surface area contributed by atoms with E-state index in [2.05, 4.69) is 20.9 Å². The van der Waals surface area contributed by atoms with Gasteiger partial charge in [-0.25, -0.2) is 8.42 Å². The Bertz CT molecular complexity index is 606. The first-order valence-electron chi connectivity index (χ1n) is 6.16. The number of thioether (sulfide) groups is 1. The number of carbonyl (C=O) groups excluding carboxylic acids is 1. The lowest BCUT2D eigenvalue weighted by atomic mass is 10.2. The van der Waals surface area contributed by atoms with Gasteiger partial charge in [-0.05, 0) is 22.0 Å². The third-order valence-electron chi connectivity index (χ3n) is 3.11. The largest absolute Gasteiger partial charge is 0.320 e. The Balaban J connectivity index is 2.31. The highest BCUT2D eigenvalue weighted by atomic mass is 79.9. The summed E-state index contributed by atoms with van der Waals surface area (Å²) in [5.41, 5.74) is 0.405. The number of hydrogen-bond donors (Lipinski definition) is 0. The maximum absolute atomic E-state index is 12.5. The third-order valence-corrected chi connectivity index (χ3v) is 6.84. The molecule has 0 aromatic carbocycles. The fourth-order valence-electron chi connectivity index (χ4n) is 2.00. The molecule has 1 aromatic heterocycles. The van der Waals surface area contributed by atoms with Crippen molar-refractivity contribution in [3.8, 4) is 0 Å². The zero-order valence-corrected chi connectivity index (χ0v) is 14.2. The van der Waals surface area contributed by atoms with Gasteiger partial charge in [-0.15, -0.1) is 0 Å². The quantitative estimate of drug-likeness (QED) is 0.801. The average Bonchev–Trinajstić information content (AvgIpc) is 2.46. The van der Waals surface area contributed by atoms with Crippen molar-refractivity contribution in [2.24, 2.45) is 0 Å². The third kappa shape index (κ3) is 3.35. The number of sulfone groups is 1. The molecule has 2 rings (SSSR count). The van der Waals surface area contributed by atoms with Gasteiger partial charge < -0.3 is 4.90 Å². The highest BCUT2D eigenvalue weighted by Gasteiger charge is 2.36. The van der Waals surface area contributed by atoms with Gasteiger partial charge in [0, 0.05) is 40.7 Å². The minimum atomic E-state index is -3.28. The summed E-state index contributed by atoms with van der Waals surface area (Å²) >= 11 is 4.83. The molecule has 1 aromatic rings. The van der Waals surface area contributed by atoms with Crippen LogP contribution in [0.5, 0.6) is 0 Å². The van der Waals surface area contributed by atoms with Gasteiger partial charge in [0.15, 0.2) is 9.84 Å². The van der Waals surface area contributed by atoms with E-state index in [0.717, 1.165) is 5.75 Å². The minimum absolute atomic E-state index is 0.0404. The summed E-state index contributed by atoms with van der Waals surface area (Å²) in [5.74, 6) is 0.950. The number of hydrogen-bond acceptors (Lipinski definition) is 5. The van der Waals surface area contributed by atoms with E-state index in [0.29, 0.717) is 22.3 Å². The Kier molecular flexibility index (Phi) is 5.09. The van der Waals surface area contributed by atoms with Crippen LogP contribution in [-0.4, -0.2) is 53.4 Å². The predicted octanol–water partition coefficient (Wildman–Crippen LogP) is 1.79. The van der Waals surface area contributed by atoms with E-state index in [9.17, 15) is 13.2 Å². The SMILES string of the molecule is CCS(=O)(=O)C1CSCCN1C(=O)c1cncc(Br)c1. The number of amides is 1. The molecular formula is C12H15BrN2O3S2. The van der Waals surface area contributed by atoms with Gasteiger partial charge in [-0.2, -0.15) is 11.8 Å². The molecule has 0 spiro atoms. The van der Waals surface area contributed by atoms with Crippen LogP contribution in [0.2, 0.25) is 0 Å².